The molecular formula is C20H18BrN3O. The maximum atomic E-state index is 12.1. The number of nitrogens with one attached hydrogen (secondary N) is 1. The third-order valence-electron chi connectivity index (χ3n) is 3.78. The summed E-state index contributed by atoms with van der Waals surface area (Å²) in [5, 5.41) is 7.27. The molecule has 0 aliphatic carbocycles. The van der Waals surface area contributed by atoms with E-state index in [1.54, 1.807) is 17.0 Å². The van der Waals surface area contributed by atoms with Gasteiger partial charge in [-0.2, -0.15) is 5.10 Å². The minimum absolute atomic E-state index is 0.0835. The minimum atomic E-state index is -0.143. The van der Waals surface area contributed by atoms with Gasteiger partial charge in [0.05, 0.1) is 17.9 Å². The molecule has 0 saturated carbocycles. The van der Waals surface area contributed by atoms with Crippen LogP contribution < -0.4 is 5.32 Å². The summed E-state index contributed by atoms with van der Waals surface area (Å²) in [5.41, 5.74) is 2.89. The number of carbonyl (C=O) groups is 1. The number of carbonyl (C=O) groups excluding carboxylic acids is 1. The fourth-order valence-electron chi connectivity index (χ4n) is 2.48. The third-order valence-corrected chi connectivity index (χ3v) is 4.50. The number of rotatable bonds is 5. The van der Waals surface area contributed by atoms with Crippen LogP contribution in [0.25, 0.3) is 11.8 Å². The lowest BCUT2D eigenvalue weighted by Crippen LogP contribution is -2.24. The first-order valence-corrected chi connectivity index (χ1v) is 8.76. The van der Waals surface area contributed by atoms with Crippen LogP contribution in [0.1, 0.15) is 24.1 Å². The fourth-order valence-corrected chi connectivity index (χ4v) is 3.11. The second kappa shape index (κ2) is 7.94. The summed E-state index contributed by atoms with van der Waals surface area (Å²) in [6, 6.07) is 17.6. The van der Waals surface area contributed by atoms with Gasteiger partial charge in [0.1, 0.15) is 0 Å². The van der Waals surface area contributed by atoms with Gasteiger partial charge >= 0.3 is 0 Å². The number of aromatic nitrogens is 2. The Labute approximate surface area is 155 Å². The van der Waals surface area contributed by atoms with E-state index in [1.807, 2.05) is 67.7 Å². The van der Waals surface area contributed by atoms with Gasteiger partial charge in [-0.3, -0.25) is 4.79 Å². The molecule has 1 amide bonds. The predicted octanol–water partition coefficient (Wildman–Crippen LogP) is 4.53. The highest BCUT2D eigenvalue weighted by molar-refractivity contribution is 9.10. The van der Waals surface area contributed by atoms with Gasteiger partial charge in [0.25, 0.3) is 0 Å². The molecule has 1 N–H and O–H groups in total. The van der Waals surface area contributed by atoms with Crippen LogP contribution in [0, 0.1) is 0 Å². The molecule has 0 spiro atoms. The van der Waals surface area contributed by atoms with Crippen molar-refractivity contribution in [3.63, 3.8) is 0 Å². The van der Waals surface area contributed by atoms with Crippen molar-refractivity contribution >= 4 is 27.9 Å². The Kier molecular flexibility index (Phi) is 5.46. The van der Waals surface area contributed by atoms with E-state index in [9.17, 15) is 4.79 Å². The highest BCUT2D eigenvalue weighted by Crippen LogP contribution is 2.22. The quantitative estimate of drug-likeness (QED) is 0.645. The van der Waals surface area contributed by atoms with Gasteiger partial charge in [-0.1, -0.05) is 52.3 Å². The molecule has 0 saturated heterocycles. The molecule has 0 aliphatic heterocycles. The van der Waals surface area contributed by atoms with Gasteiger partial charge in [-0.25, -0.2) is 4.68 Å². The molecular weight excluding hydrogens is 378 g/mol. The monoisotopic (exact) mass is 395 g/mol. The largest absolute Gasteiger partial charge is 0.346 e. The van der Waals surface area contributed by atoms with Crippen molar-refractivity contribution < 1.29 is 4.79 Å². The first-order valence-electron chi connectivity index (χ1n) is 7.96. The van der Waals surface area contributed by atoms with Crippen LogP contribution in [-0.4, -0.2) is 15.7 Å². The molecule has 0 fully saturated rings. The van der Waals surface area contributed by atoms with Crippen LogP contribution in [0.3, 0.4) is 0 Å². The maximum Gasteiger partial charge on any atom is 0.244 e. The number of benzene rings is 2. The first-order chi connectivity index (χ1) is 12.1. The van der Waals surface area contributed by atoms with Gasteiger partial charge in [0.2, 0.25) is 5.91 Å². The number of nitrogens with zero attached hydrogens (tertiary/aromatic N) is 2. The Balaban J connectivity index is 1.63. The number of hydrogen-bond donors (Lipinski definition) is 1. The van der Waals surface area contributed by atoms with Crippen molar-refractivity contribution in [2.45, 2.75) is 13.0 Å². The summed E-state index contributed by atoms with van der Waals surface area (Å²) in [6.07, 6.45) is 6.90. The molecule has 1 atom stereocenters. The summed E-state index contributed by atoms with van der Waals surface area (Å²) in [6.45, 7) is 1.96. The van der Waals surface area contributed by atoms with Gasteiger partial charge in [-0.15, -0.1) is 0 Å². The molecule has 2 aromatic carbocycles. The molecule has 0 radical (unpaired) electrons. The average molecular weight is 396 g/mol. The number of hydrogen-bond acceptors (Lipinski definition) is 2. The van der Waals surface area contributed by atoms with Crippen LogP contribution in [-0.2, 0) is 4.79 Å². The molecule has 3 aromatic rings. The Morgan fingerprint density at radius 2 is 1.88 bits per heavy atom. The van der Waals surface area contributed by atoms with Crippen LogP contribution in [0.4, 0.5) is 0 Å². The number of para-hydroxylation sites is 1. The van der Waals surface area contributed by atoms with Crippen LogP contribution in [0.15, 0.2) is 77.5 Å². The van der Waals surface area contributed by atoms with Crippen molar-refractivity contribution in [2.24, 2.45) is 0 Å². The maximum absolute atomic E-state index is 12.1. The molecule has 0 aliphatic rings. The Morgan fingerprint density at radius 1 is 1.16 bits per heavy atom. The van der Waals surface area contributed by atoms with Crippen LogP contribution >= 0.6 is 15.9 Å². The zero-order valence-corrected chi connectivity index (χ0v) is 15.3. The molecule has 5 heteroatoms. The van der Waals surface area contributed by atoms with E-state index in [4.69, 9.17) is 0 Å². The van der Waals surface area contributed by atoms with E-state index in [1.165, 1.54) is 6.08 Å². The second-order valence-corrected chi connectivity index (χ2v) is 6.49. The Morgan fingerprint density at radius 3 is 2.64 bits per heavy atom. The van der Waals surface area contributed by atoms with Crippen LogP contribution in [0.2, 0.25) is 0 Å². The zero-order chi connectivity index (χ0) is 17.6. The van der Waals surface area contributed by atoms with E-state index in [2.05, 4.69) is 26.3 Å². The molecule has 4 nitrogen and oxygen atoms in total. The average Bonchev–Trinajstić information content (AvgIpc) is 3.10. The van der Waals surface area contributed by atoms with Gasteiger partial charge in [-0.05, 0) is 36.8 Å². The molecule has 0 bridgehead atoms. The Bertz CT molecular complexity index is 887. The number of halogens is 1. The van der Waals surface area contributed by atoms with Gasteiger partial charge in [0.15, 0.2) is 0 Å². The van der Waals surface area contributed by atoms with Gasteiger partial charge in [0, 0.05) is 22.3 Å². The van der Waals surface area contributed by atoms with Crippen molar-refractivity contribution in [1.29, 1.82) is 0 Å². The molecule has 0 unspecified atom stereocenters. The molecule has 1 aromatic heterocycles. The lowest BCUT2D eigenvalue weighted by Gasteiger charge is -2.14. The molecule has 126 valence electrons. The van der Waals surface area contributed by atoms with E-state index in [-0.39, 0.29) is 11.9 Å². The summed E-state index contributed by atoms with van der Waals surface area (Å²) in [7, 11) is 0. The van der Waals surface area contributed by atoms with E-state index >= 15 is 0 Å². The SMILES string of the molecule is C[C@@H](NC(=O)/C=C/c1cnn(-c2ccccc2)c1)c1ccccc1Br. The van der Waals surface area contributed by atoms with E-state index in [0.29, 0.717) is 0 Å². The smallest absolute Gasteiger partial charge is 0.244 e. The standard InChI is InChI=1S/C20H18BrN3O/c1-15(18-9-5-6-10-19(18)21)23-20(25)12-11-16-13-22-24(14-16)17-7-3-2-4-8-17/h2-15H,1H3,(H,23,25)/b12-11+/t15-/m1/s1. The zero-order valence-electron chi connectivity index (χ0n) is 13.8. The second-order valence-electron chi connectivity index (χ2n) is 5.64. The van der Waals surface area contributed by atoms with Crippen LogP contribution in [0.5, 0.6) is 0 Å². The highest BCUT2D eigenvalue weighted by Gasteiger charge is 2.10. The Hall–Kier alpha value is -2.66. The normalized spacial score (nSPS) is 12.2. The molecule has 1 heterocycles. The minimum Gasteiger partial charge on any atom is -0.346 e. The van der Waals surface area contributed by atoms with Crippen molar-refractivity contribution in [3.05, 3.63) is 88.7 Å². The van der Waals surface area contributed by atoms with Crippen molar-refractivity contribution in [2.75, 3.05) is 0 Å². The summed E-state index contributed by atoms with van der Waals surface area (Å²) < 4.78 is 2.76. The predicted molar refractivity (Wildman–Crippen MR) is 103 cm³/mol. The fraction of sp³-hybridized carbons (Fsp3) is 0.100. The molecule has 25 heavy (non-hydrogen) atoms. The topological polar surface area (TPSA) is 46.9 Å². The van der Waals surface area contributed by atoms with E-state index in [0.717, 1.165) is 21.3 Å². The number of amides is 1. The van der Waals surface area contributed by atoms with Crippen molar-refractivity contribution in [3.8, 4) is 5.69 Å². The molecule has 3 rings (SSSR count). The van der Waals surface area contributed by atoms with Gasteiger partial charge < -0.3 is 5.32 Å². The third kappa shape index (κ3) is 4.45. The lowest BCUT2D eigenvalue weighted by atomic mass is 10.1. The lowest BCUT2D eigenvalue weighted by molar-refractivity contribution is -0.117. The summed E-state index contributed by atoms with van der Waals surface area (Å²) in [4.78, 5) is 12.1. The highest BCUT2D eigenvalue weighted by atomic mass is 79.9. The summed E-state index contributed by atoms with van der Waals surface area (Å²) >= 11 is 3.51. The first kappa shape index (κ1) is 17.2. The van der Waals surface area contributed by atoms with E-state index < -0.39 is 0 Å². The van der Waals surface area contributed by atoms with Crippen molar-refractivity contribution in [1.82, 2.24) is 15.1 Å². The summed E-state index contributed by atoms with van der Waals surface area (Å²) in [5.74, 6) is -0.143.